The van der Waals surface area contributed by atoms with Gasteiger partial charge in [-0.1, -0.05) is 22.0 Å². The molecule has 0 spiro atoms. The molecular weight excluding hydrogens is 346 g/mol. The molecule has 1 saturated heterocycles. The summed E-state index contributed by atoms with van der Waals surface area (Å²) in [5.74, 6) is -0.396. The van der Waals surface area contributed by atoms with E-state index in [1.165, 1.54) is 4.90 Å². The lowest BCUT2D eigenvalue weighted by Gasteiger charge is -2.15. The highest BCUT2D eigenvalue weighted by Crippen LogP contribution is 2.24. The topological polar surface area (TPSA) is 62.3 Å². The Bertz CT molecular complexity index is 688. The van der Waals surface area contributed by atoms with E-state index < -0.39 is 6.04 Å². The van der Waals surface area contributed by atoms with E-state index in [2.05, 4.69) is 26.2 Å². The Morgan fingerprint density at radius 2 is 2.00 bits per heavy atom. The van der Waals surface area contributed by atoms with Crippen LogP contribution < -0.4 is 10.2 Å². The van der Waals surface area contributed by atoms with Crippen molar-refractivity contribution in [1.29, 1.82) is 0 Å². The van der Waals surface area contributed by atoms with Crippen molar-refractivity contribution < 1.29 is 9.59 Å². The van der Waals surface area contributed by atoms with Crippen molar-refractivity contribution in [3.63, 3.8) is 0 Å². The summed E-state index contributed by atoms with van der Waals surface area (Å²) >= 11 is 3.34. The molecule has 1 aromatic heterocycles. The molecule has 112 valence electrons. The third kappa shape index (κ3) is 3.08. The molecule has 3 rings (SSSR count). The Hall–Kier alpha value is -2.05. The van der Waals surface area contributed by atoms with Gasteiger partial charge in [0.15, 0.2) is 0 Å². The number of amides is 2. The number of hydrogen-bond donors (Lipinski definition) is 1. The maximum Gasteiger partial charge on any atom is 0.251 e. The Balaban J connectivity index is 1.70. The number of anilines is 1. The highest BCUT2D eigenvalue weighted by molar-refractivity contribution is 9.10. The average Bonchev–Trinajstić information content (AvgIpc) is 2.82. The van der Waals surface area contributed by atoms with Crippen molar-refractivity contribution in [1.82, 2.24) is 10.3 Å². The van der Waals surface area contributed by atoms with Gasteiger partial charge in [-0.15, -0.1) is 0 Å². The molecule has 0 saturated carbocycles. The molecule has 2 amide bonds. The number of carbonyl (C=O) groups is 2. The summed E-state index contributed by atoms with van der Waals surface area (Å²) in [7, 11) is 0. The summed E-state index contributed by atoms with van der Waals surface area (Å²) in [6, 6.07) is 10.4. The lowest BCUT2D eigenvalue weighted by atomic mass is 10.2. The summed E-state index contributed by atoms with van der Waals surface area (Å²) in [5.41, 5.74) is 1.58. The molecule has 1 aliphatic heterocycles. The van der Waals surface area contributed by atoms with Crippen molar-refractivity contribution in [2.24, 2.45) is 0 Å². The van der Waals surface area contributed by atoms with Crippen molar-refractivity contribution in [3.8, 4) is 0 Å². The fraction of sp³-hybridized carbons (Fsp3) is 0.188. The van der Waals surface area contributed by atoms with Crippen LogP contribution in [-0.2, 0) is 16.1 Å². The van der Waals surface area contributed by atoms with Gasteiger partial charge in [0.2, 0.25) is 5.91 Å². The quantitative estimate of drug-likeness (QED) is 0.850. The van der Waals surface area contributed by atoms with Crippen LogP contribution in [0.1, 0.15) is 12.0 Å². The fourth-order valence-corrected chi connectivity index (χ4v) is 2.66. The largest absolute Gasteiger partial charge is 0.301 e. The van der Waals surface area contributed by atoms with Crippen LogP contribution in [0.4, 0.5) is 5.69 Å². The Morgan fingerprint density at radius 3 is 2.68 bits per heavy atom. The lowest BCUT2D eigenvalue weighted by molar-refractivity contribution is -0.121. The number of carbonyl (C=O) groups excluding carboxylic acids is 2. The first kappa shape index (κ1) is 14.9. The molecule has 5 nitrogen and oxygen atoms in total. The average molecular weight is 360 g/mol. The number of pyridine rings is 1. The summed E-state index contributed by atoms with van der Waals surface area (Å²) in [6.07, 6.45) is 3.61. The van der Waals surface area contributed by atoms with Gasteiger partial charge >= 0.3 is 0 Å². The predicted molar refractivity (Wildman–Crippen MR) is 86.1 cm³/mol. The Labute approximate surface area is 136 Å². The third-order valence-electron chi connectivity index (χ3n) is 3.51. The van der Waals surface area contributed by atoms with E-state index in [0.717, 1.165) is 10.0 Å². The van der Waals surface area contributed by atoms with Crippen LogP contribution >= 0.6 is 15.9 Å². The molecule has 1 N–H and O–H groups in total. The maximum atomic E-state index is 12.4. The van der Waals surface area contributed by atoms with E-state index in [0.29, 0.717) is 12.2 Å². The first-order valence-corrected chi connectivity index (χ1v) is 7.69. The molecule has 1 aliphatic rings. The van der Waals surface area contributed by atoms with Crippen molar-refractivity contribution in [2.45, 2.75) is 19.0 Å². The van der Waals surface area contributed by atoms with Gasteiger partial charge in [-0.25, -0.2) is 4.90 Å². The van der Waals surface area contributed by atoms with Gasteiger partial charge in [0.05, 0.1) is 18.2 Å². The van der Waals surface area contributed by atoms with Gasteiger partial charge in [-0.05, 0) is 35.9 Å². The van der Waals surface area contributed by atoms with Crippen molar-refractivity contribution >= 4 is 33.4 Å². The molecule has 0 aliphatic carbocycles. The summed E-state index contributed by atoms with van der Waals surface area (Å²) in [4.78, 5) is 29.8. The number of imide groups is 1. The molecule has 0 radical (unpaired) electrons. The number of benzene rings is 1. The van der Waals surface area contributed by atoms with Crippen LogP contribution in [0.25, 0.3) is 0 Å². The molecule has 0 bridgehead atoms. The molecule has 1 atom stereocenters. The van der Waals surface area contributed by atoms with E-state index in [9.17, 15) is 9.59 Å². The summed E-state index contributed by atoms with van der Waals surface area (Å²) < 4.78 is 0.904. The van der Waals surface area contributed by atoms with Gasteiger partial charge in [-0.3, -0.25) is 14.6 Å². The number of rotatable bonds is 4. The van der Waals surface area contributed by atoms with Crippen LogP contribution in [0.2, 0.25) is 0 Å². The van der Waals surface area contributed by atoms with Crippen LogP contribution in [0, 0.1) is 0 Å². The highest BCUT2D eigenvalue weighted by atomic mass is 79.9. The standard InChI is InChI=1S/C16H14BrN3O2/c17-12-3-5-13(6-4-12)20-15(21)8-14(16(20)22)19-10-11-2-1-7-18-9-11/h1-7,9,14,19H,8,10H2. The number of hydrogen-bond acceptors (Lipinski definition) is 4. The minimum Gasteiger partial charge on any atom is -0.301 e. The number of halogens is 1. The Morgan fingerprint density at radius 1 is 1.23 bits per heavy atom. The van der Waals surface area contributed by atoms with Gasteiger partial charge in [-0.2, -0.15) is 0 Å². The molecule has 22 heavy (non-hydrogen) atoms. The van der Waals surface area contributed by atoms with Crippen LogP contribution in [0.15, 0.2) is 53.3 Å². The van der Waals surface area contributed by atoms with Crippen LogP contribution in [-0.4, -0.2) is 22.8 Å². The monoisotopic (exact) mass is 359 g/mol. The van der Waals surface area contributed by atoms with E-state index in [1.54, 1.807) is 24.5 Å². The van der Waals surface area contributed by atoms with Crippen LogP contribution in [0.5, 0.6) is 0 Å². The predicted octanol–water partition coefficient (Wildman–Crippen LogP) is 2.27. The zero-order valence-corrected chi connectivity index (χ0v) is 13.3. The maximum absolute atomic E-state index is 12.4. The van der Waals surface area contributed by atoms with E-state index in [1.807, 2.05) is 24.3 Å². The molecule has 1 fully saturated rings. The van der Waals surface area contributed by atoms with E-state index >= 15 is 0 Å². The van der Waals surface area contributed by atoms with Crippen LogP contribution in [0.3, 0.4) is 0 Å². The van der Waals surface area contributed by atoms with Gasteiger partial charge in [0, 0.05) is 23.4 Å². The van der Waals surface area contributed by atoms with E-state index in [4.69, 9.17) is 0 Å². The zero-order chi connectivity index (χ0) is 15.5. The normalized spacial score (nSPS) is 18.0. The molecule has 6 heteroatoms. The van der Waals surface area contributed by atoms with E-state index in [-0.39, 0.29) is 18.2 Å². The molecule has 1 unspecified atom stereocenters. The number of nitrogens with one attached hydrogen (secondary N) is 1. The van der Waals surface area contributed by atoms with Gasteiger partial charge in [0.25, 0.3) is 5.91 Å². The molecule has 1 aromatic carbocycles. The lowest BCUT2D eigenvalue weighted by Crippen LogP contribution is -2.38. The molecule has 2 aromatic rings. The molecular formula is C16H14BrN3O2. The number of aromatic nitrogens is 1. The second kappa shape index (κ2) is 6.37. The first-order valence-electron chi connectivity index (χ1n) is 6.90. The highest BCUT2D eigenvalue weighted by Gasteiger charge is 2.39. The smallest absolute Gasteiger partial charge is 0.251 e. The van der Waals surface area contributed by atoms with Gasteiger partial charge in [0.1, 0.15) is 0 Å². The summed E-state index contributed by atoms with van der Waals surface area (Å²) in [6.45, 7) is 0.506. The second-order valence-electron chi connectivity index (χ2n) is 5.04. The number of nitrogens with zero attached hydrogens (tertiary/aromatic N) is 2. The summed E-state index contributed by atoms with van der Waals surface area (Å²) in [5, 5.41) is 3.13. The fourth-order valence-electron chi connectivity index (χ4n) is 2.40. The third-order valence-corrected chi connectivity index (χ3v) is 4.04. The zero-order valence-electron chi connectivity index (χ0n) is 11.7. The minimum absolute atomic E-state index is 0.176. The first-order chi connectivity index (χ1) is 10.6. The van der Waals surface area contributed by atoms with Crippen molar-refractivity contribution in [2.75, 3.05) is 4.90 Å². The van der Waals surface area contributed by atoms with Gasteiger partial charge < -0.3 is 5.32 Å². The molecule has 2 heterocycles. The Kier molecular flexibility index (Phi) is 4.31. The van der Waals surface area contributed by atoms with Crippen molar-refractivity contribution in [3.05, 3.63) is 58.8 Å². The SMILES string of the molecule is O=C1CC(NCc2cccnc2)C(=O)N1c1ccc(Br)cc1. The minimum atomic E-state index is -0.489. The second-order valence-corrected chi connectivity index (χ2v) is 5.96.